The summed E-state index contributed by atoms with van der Waals surface area (Å²) < 4.78 is 0. The van der Waals surface area contributed by atoms with Crippen LogP contribution in [0.5, 0.6) is 0 Å². The van der Waals surface area contributed by atoms with Crippen LogP contribution in [-0.4, -0.2) is 7.22 Å². The van der Waals surface area contributed by atoms with Crippen LogP contribution in [0.3, 0.4) is 0 Å². The Kier molecular flexibility index (Phi) is 2.56. The van der Waals surface area contributed by atoms with Gasteiger partial charge in [-0.15, -0.1) is 0 Å². The monoisotopic (exact) mass is 140 g/mol. The smallest absolute Gasteiger partial charge is 0.0849 e. The molecule has 38 valence electrons. The number of hydrogen-bond donors (Lipinski definition) is 0. The predicted octanol–water partition coefficient (Wildman–Crippen LogP) is 2.71. The fourth-order valence-corrected chi connectivity index (χ4v) is 0. The highest BCUT2D eigenvalue weighted by atomic mass is 35.7. The van der Waals surface area contributed by atoms with Crippen molar-refractivity contribution in [1.82, 2.24) is 0 Å². The largest absolute Gasteiger partial charge is 0.128 e. The van der Waals surface area contributed by atoms with Crippen LogP contribution in [0.2, 0.25) is 19.6 Å². The summed E-state index contributed by atoms with van der Waals surface area (Å²) in [6.07, 6.45) is 0. The van der Waals surface area contributed by atoms with Gasteiger partial charge in [-0.05, 0) is 0 Å². The molecule has 0 aromatic carbocycles. The predicted molar refractivity (Wildman–Crippen MR) is 36.8 cm³/mol. The van der Waals surface area contributed by atoms with Crippen LogP contribution in [0.15, 0.2) is 0 Å². The summed E-state index contributed by atoms with van der Waals surface area (Å²) in [7, 11) is 6.00. The SMILES string of the molecule is C[Si](C)(C)SCl. The topological polar surface area (TPSA) is 0 Å². The van der Waals surface area contributed by atoms with Crippen LogP contribution in [-0.2, 0) is 0 Å². The van der Waals surface area contributed by atoms with Crippen molar-refractivity contribution in [3.05, 3.63) is 0 Å². The maximum Gasteiger partial charge on any atom is 0.128 e. The van der Waals surface area contributed by atoms with Crippen LogP contribution < -0.4 is 0 Å². The highest BCUT2D eigenvalue weighted by Crippen LogP contribution is 2.22. The third kappa shape index (κ3) is 4.86. The molecule has 0 spiro atoms. The van der Waals surface area contributed by atoms with Crippen LogP contribution in [0, 0.1) is 0 Å². The maximum absolute atomic E-state index is 5.46. The van der Waals surface area contributed by atoms with Crippen molar-refractivity contribution in [3.63, 3.8) is 0 Å². The van der Waals surface area contributed by atoms with Crippen LogP contribution in [0.1, 0.15) is 0 Å². The molecule has 6 heavy (non-hydrogen) atoms. The minimum atomic E-state index is -0.949. The minimum Gasteiger partial charge on any atom is -0.0849 e. The molecule has 0 radical (unpaired) electrons. The van der Waals surface area contributed by atoms with Crippen molar-refractivity contribution in [1.29, 1.82) is 0 Å². The first-order valence-electron chi connectivity index (χ1n) is 1.86. The Morgan fingerprint density at radius 1 is 1.33 bits per heavy atom. The van der Waals surface area contributed by atoms with Gasteiger partial charge in [0.15, 0.2) is 0 Å². The molecule has 0 aliphatic carbocycles. The van der Waals surface area contributed by atoms with Gasteiger partial charge in [-0.3, -0.25) is 0 Å². The molecule has 0 saturated carbocycles. The van der Waals surface area contributed by atoms with Crippen LogP contribution >= 0.6 is 21.1 Å². The normalized spacial score (nSPS) is 12.0. The standard InChI is InChI=1S/C3H9ClSSi/c1-6(2,3)5-4/h1-3H3. The third-order valence-corrected chi connectivity index (χ3v) is 6.25. The Morgan fingerprint density at radius 3 is 1.50 bits per heavy atom. The van der Waals surface area contributed by atoms with Gasteiger partial charge < -0.3 is 0 Å². The summed E-state index contributed by atoms with van der Waals surface area (Å²) in [5, 5.41) is 0. The molecule has 0 aliphatic heterocycles. The van der Waals surface area contributed by atoms with Gasteiger partial charge >= 0.3 is 0 Å². The summed E-state index contributed by atoms with van der Waals surface area (Å²) in [6.45, 7) is 6.64. The van der Waals surface area contributed by atoms with Gasteiger partial charge in [0, 0.05) is 0 Å². The molecule has 0 aromatic heterocycles. The zero-order chi connectivity index (χ0) is 5.21. The van der Waals surface area contributed by atoms with E-state index >= 15 is 0 Å². The highest BCUT2D eigenvalue weighted by Gasteiger charge is 2.10. The number of rotatable bonds is 1. The molecule has 0 N–H and O–H groups in total. The van der Waals surface area contributed by atoms with Crippen molar-refractivity contribution in [2.75, 3.05) is 0 Å². The number of halogens is 1. The molecule has 0 aromatic rings. The molecule has 0 rings (SSSR count). The second kappa shape index (κ2) is 2.24. The summed E-state index contributed by atoms with van der Waals surface area (Å²) in [6, 6.07) is 0. The van der Waals surface area contributed by atoms with E-state index in [9.17, 15) is 0 Å². The molecule has 0 fully saturated rings. The Labute approximate surface area is 48.4 Å². The van der Waals surface area contributed by atoms with Gasteiger partial charge in [0.2, 0.25) is 0 Å². The third-order valence-electron chi connectivity index (χ3n) is 0.231. The van der Waals surface area contributed by atoms with Crippen LogP contribution in [0.25, 0.3) is 0 Å². The van der Waals surface area contributed by atoms with E-state index in [2.05, 4.69) is 19.6 Å². The van der Waals surface area contributed by atoms with Gasteiger partial charge in [-0.25, -0.2) is 0 Å². The average Bonchev–Trinajstić information content (AvgIpc) is 1.35. The van der Waals surface area contributed by atoms with Crippen molar-refractivity contribution in [3.8, 4) is 0 Å². The lowest BCUT2D eigenvalue weighted by Crippen LogP contribution is -2.10. The van der Waals surface area contributed by atoms with E-state index in [4.69, 9.17) is 10.7 Å². The minimum absolute atomic E-state index is 0.949. The molecule has 3 heteroatoms. The van der Waals surface area contributed by atoms with Gasteiger partial charge in [0.05, 0.1) is 0 Å². The zero-order valence-electron chi connectivity index (χ0n) is 4.29. The van der Waals surface area contributed by atoms with Crippen LogP contribution in [0.4, 0.5) is 0 Å². The van der Waals surface area contributed by atoms with Gasteiger partial charge in [0.25, 0.3) is 0 Å². The fourth-order valence-electron chi connectivity index (χ4n) is 0. The van der Waals surface area contributed by atoms with E-state index in [1.54, 1.807) is 0 Å². The molecular weight excluding hydrogens is 132 g/mol. The first-order valence-corrected chi connectivity index (χ1v) is 7.73. The fraction of sp³-hybridized carbons (Fsp3) is 1.00. The summed E-state index contributed by atoms with van der Waals surface area (Å²) in [5.74, 6) is 0. The molecule has 0 unspecified atom stereocenters. The molecule has 0 aliphatic rings. The molecular formula is C3H9ClSSi. The first kappa shape index (κ1) is 6.86. The summed E-state index contributed by atoms with van der Waals surface area (Å²) >= 11 is 0. The first-order chi connectivity index (χ1) is 2.56. The average molecular weight is 141 g/mol. The molecule has 0 atom stereocenters. The summed E-state index contributed by atoms with van der Waals surface area (Å²) in [4.78, 5) is 0. The van der Waals surface area contributed by atoms with E-state index in [0.29, 0.717) is 0 Å². The molecule has 0 saturated heterocycles. The zero-order valence-corrected chi connectivity index (χ0v) is 6.86. The molecule has 0 nitrogen and oxygen atoms in total. The lowest BCUT2D eigenvalue weighted by atomic mass is 11.8. The van der Waals surface area contributed by atoms with E-state index in [1.165, 1.54) is 10.4 Å². The maximum atomic E-state index is 5.46. The molecule has 0 amide bonds. The summed E-state index contributed by atoms with van der Waals surface area (Å²) in [5.41, 5.74) is 0. The quantitative estimate of drug-likeness (QED) is 0.505. The van der Waals surface area contributed by atoms with Crippen molar-refractivity contribution in [2.24, 2.45) is 0 Å². The van der Waals surface area contributed by atoms with Crippen molar-refractivity contribution in [2.45, 2.75) is 19.6 Å². The van der Waals surface area contributed by atoms with Gasteiger partial charge in [-0.1, -0.05) is 40.7 Å². The second-order valence-electron chi connectivity index (χ2n) is 2.19. The van der Waals surface area contributed by atoms with E-state index < -0.39 is 7.22 Å². The molecule has 0 heterocycles. The Bertz CT molecular complexity index is 40.5. The highest BCUT2D eigenvalue weighted by molar-refractivity contribution is 8.44. The lowest BCUT2D eigenvalue weighted by Gasteiger charge is -2.05. The van der Waals surface area contributed by atoms with E-state index in [1.807, 2.05) is 0 Å². The Hall–Kier alpha value is 0.857. The van der Waals surface area contributed by atoms with Crippen molar-refractivity contribution < 1.29 is 0 Å². The van der Waals surface area contributed by atoms with Gasteiger partial charge in [-0.2, -0.15) is 0 Å². The van der Waals surface area contributed by atoms with Gasteiger partial charge in [0.1, 0.15) is 7.22 Å². The Morgan fingerprint density at radius 2 is 1.50 bits per heavy atom. The second-order valence-corrected chi connectivity index (χ2v) is 12.1. The van der Waals surface area contributed by atoms with E-state index in [0.717, 1.165) is 0 Å². The lowest BCUT2D eigenvalue weighted by molar-refractivity contribution is 1.88. The number of hydrogen-bond acceptors (Lipinski definition) is 1. The molecule has 0 bridgehead atoms. The van der Waals surface area contributed by atoms with E-state index in [-0.39, 0.29) is 0 Å². The van der Waals surface area contributed by atoms with Crippen molar-refractivity contribution >= 4 is 28.3 Å². The Balaban J connectivity index is 3.17.